The first-order valence-electron chi connectivity index (χ1n) is 4.01. The zero-order valence-electron chi connectivity index (χ0n) is 7.61. The van der Waals surface area contributed by atoms with Crippen molar-refractivity contribution in [1.82, 2.24) is 4.98 Å². The van der Waals surface area contributed by atoms with E-state index in [-0.39, 0.29) is 11.2 Å². The van der Waals surface area contributed by atoms with Crippen molar-refractivity contribution in [3.63, 3.8) is 0 Å². The maximum atomic E-state index is 11.2. The number of thiol groups is 1. The predicted octanol–water partition coefficient (Wildman–Crippen LogP) is 1.65. The SMILES string of the molecule is Cc1ccncc1NC(=O)C(C)S. The van der Waals surface area contributed by atoms with Crippen LogP contribution in [0.15, 0.2) is 18.5 Å². The first-order chi connectivity index (χ1) is 6.11. The summed E-state index contributed by atoms with van der Waals surface area (Å²) in [6, 6.07) is 1.85. The van der Waals surface area contributed by atoms with Gasteiger partial charge in [0.05, 0.1) is 17.1 Å². The molecule has 1 atom stereocenters. The van der Waals surface area contributed by atoms with E-state index >= 15 is 0 Å². The van der Waals surface area contributed by atoms with Crippen LogP contribution in [-0.2, 0) is 4.79 Å². The molecule has 0 aliphatic carbocycles. The lowest BCUT2D eigenvalue weighted by molar-refractivity contribution is -0.115. The Balaban J connectivity index is 2.75. The average molecular weight is 196 g/mol. The Bertz CT molecular complexity index is 312. The molecule has 0 bridgehead atoms. The van der Waals surface area contributed by atoms with E-state index in [9.17, 15) is 4.79 Å². The van der Waals surface area contributed by atoms with Gasteiger partial charge < -0.3 is 5.32 Å². The van der Waals surface area contributed by atoms with Gasteiger partial charge in [0.1, 0.15) is 0 Å². The lowest BCUT2D eigenvalue weighted by Crippen LogP contribution is -2.20. The van der Waals surface area contributed by atoms with Gasteiger partial charge in [-0.05, 0) is 25.5 Å². The van der Waals surface area contributed by atoms with Crippen molar-refractivity contribution >= 4 is 24.2 Å². The third-order valence-electron chi connectivity index (χ3n) is 1.68. The second-order valence-electron chi connectivity index (χ2n) is 2.86. The number of carbonyl (C=O) groups is 1. The van der Waals surface area contributed by atoms with Crippen molar-refractivity contribution in [2.75, 3.05) is 5.32 Å². The molecule has 1 unspecified atom stereocenters. The van der Waals surface area contributed by atoms with Gasteiger partial charge >= 0.3 is 0 Å². The van der Waals surface area contributed by atoms with Crippen molar-refractivity contribution in [2.45, 2.75) is 19.1 Å². The molecule has 0 radical (unpaired) electrons. The Labute approximate surface area is 83.0 Å². The predicted molar refractivity (Wildman–Crippen MR) is 56.1 cm³/mol. The molecule has 4 heteroatoms. The minimum absolute atomic E-state index is 0.112. The molecule has 0 aromatic carbocycles. The first-order valence-corrected chi connectivity index (χ1v) is 4.52. The standard InChI is InChI=1S/C9H12N2OS/c1-6-3-4-10-5-8(6)11-9(12)7(2)13/h3-5,7,13H,1-2H3,(H,11,12). The summed E-state index contributed by atoms with van der Waals surface area (Å²) < 4.78 is 0. The Hall–Kier alpha value is -1.03. The van der Waals surface area contributed by atoms with Crippen LogP contribution in [0.2, 0.25) is 0 Å². The number of aromatic nitrogens is 1. The molecule has 1 aromatic rings. The molecule has 0 fully saturated rings. The molecule has 0 saturated heterocycles. The van der Waals surface area contributed by atoms with Crippen LogP contribution in [-0.4, -0.2) is 16.1 Å². The molecule has 1 N–H and O–H groups in total. The molecule has 13 heavy (non-hydrogen) atoms. The minimum atomic E-state index is -0.306. The Morgan fingerprint density at radius 2 is 2.38 bits per heavy atom. The number of anilines is 1. The maximum Gasteiger partial charge on any atom is 0.236 e. The van der Waals surface area contributed by atoms with Crippen molar-refractivity contribution in [2.24, 2.45) is 0 Å². The van der Waals surface area contributed by atoms with E-state index in [4.69, 9.17) is 0 Å². The number of pyridine rings is 1. The van der Waals surface area contributed by atoms with Gasteiger partial charge in [-0.15, -0.1) is 0 Å². The van der Waals surface area contributed by atoms with Crippen LogP contribution in [0.1, 0.15) is 12.5 Å². The first kappa shape index (κ1) is 10.1. The summed E-state index contributed by atoms with van der Waals surface area (Å²) in [5.74, 6) is -0.112. The number of nitrogens with one attached hydrogen (secondary N) is 1. The Morgan fingerprint density at radius 3 is 2.92 bits per heavy atom. The smallest absolute Gasteiger partial charge is 0.236 e. The molecule has 3 nitrogen and oxygen atoms in total. The van der Waals surface area contributed by atoms with Crippen molar-refractivity contribution in [3.8, 4) is 0 Å². The topological polar surface area (TPSA) is 42.0 Å². The molecule has 70 valence electrons. The fourth-order valence-corrected chi connectivity index (χ4v) is 0.897. The molecule has 0 saturated carbocycles. The lowest BCUT2D eigenvalue weighted by Gasteiger charge is -2.08. The van der Waals surface area contributed by atoms with Crippen LogP contribution < -0.4 is 5.32 Å². The summed E-state index contributed by atoms with van der Waals surface area (Å²) in [6.07, 6.45) is 3.32. The molecule has 0 aliphatic rings. The van der Waals surface area contributed by atoms with Crippen molar-refractivity contribution in [3.05, 3.63) is 24.0 Å². The van der Waals surface area contributed by atoms with Crippen molar-refractivity contribution < 1.29 is 4.79 Å². The molecule has 1 aromatic heterocycles. The second-order valence-corrected chi connectivity index (χ2v) is 3.63. The third kappa shape index (κ3) is 2.73. The van der Waals surface area contributed by atoms with Gasteiger partial charge in [0.25, 0.3) is 0 Å². The highest BCUT2D eigenvalue weighted by atomic mass is 32.1. The molecular formula is C9H12N2OS. The summed E-state index contributed by atoms with van der Waals surface area (Å²) in [7, 11) is 0. The molecule has 1 amide bonds. The number of aryl methyl sites for hydroxylation is 1. The molecule has 0 aliphatic heterocycles. The van der Waals surface area contributed by atoms with E-state index in [2.05, 4.69) is 22.9 Å². The monoisotopic (exact) mass is 196 g/mol. The number of carbonyl (C=O) groups excluding carboxylic acids is 1. The zero-order chi connectivity index (χ0) is 9.84. The van der Waals surface area contributed by atoms with Crippen molar-refractivity contribution in [1.29, 1.82) is 0 Å². The fourth-order valence-electron chi connectivity index (χ4n) is 0.832. The van der Waals surface area contributed by atoms with Gasteiger partial charge in [-0.1, -0.05) is 0 Å². The van der Waals surface area contributed by atoms with E-state index in [1.807, 2.05) is 13.0 Å². The molecule has 1 heterocycles. The fraction of sp³-hybridized carbons (Fsp3) is 0.333. The van der Waals surface area contributed by atoms with Gasteiger partial charge in [-0.2, -0.15) is 12.6 Å². The number of hydrogen-bond acceptors (Lipinski definition) is 3. The highest BCUT2D eigenvalue weighted by Gasteiger charge is 2.08. The number of hydrogen-bond donors (Lipinski definition) is 2. The lowest BCUT2D eigenvalue weighted by atomic mass is 10.2. The number of amides is 1. The van der Waals surface area contributed by atoms with E-state index in [0.717, 1.165) is 11.3 Å². The van der Waals surface area contributed by atoms with E-state index in [1.165, 1.54) is 0 Å². The van der Waals surface area contributed by atoms with Gasteiger partial charge in [0, 0.05) is 6.20 Å². The zero-order valence-corrected chi connectivity index (χ0v) is 8.51. The second kappa shape index (κ2) is 4.28. The summed E-state index contributed by atoms with van der Waals surface area (Å²) in [6.45, 7) is 3.64. The van der Waals surface area contributed by atoms with Gasteiger partial charge in [0.2, 0.25) is 5.91 Å². The summed E-state index contributed by atoms with van der Waals surface area (Å²) in [4.78, 5) is 15.2. The average Bonchev–Trinajstić information content (AvgIpc) is 2.08. The van der Waals surface area contributed by atoms with E-state index in [1.54, 1.807) is 19.3 Å². The molecular weight excluding hydrogens is 184 g/mol. The Kier molecular flexibility index (Phi) is 3.31. The quantitative estimate of drug-likeness (QED) is 0.706. The Morgan fingerprint density at radius 1 is 1.69 bits per heavy atom. The minimum Gasteiger partial charge on any atom is -0.324 e. The highest BCUT2D eigenvalue weighted by Crippen LogP contribution is 2.12. The van der Waals surface area contributed by atoms with Gasteiger partial charge in [-0.3, -0.25) is 9.78 Å². The summed E-state index contributed by atoms with van der Waals surface area (Å²) in [5, 5.41) is 2.43. The van der Waals surface area contributed by atoms with Crippen LogP contribution in [0.4, 0.5) is 5.69 Å². The largest absolute Gasteiger partial charge is 0.324 e. The highest BCUT2D eigenvalue weighted by molar-refractivity contribution is 7.81. The molecule has 1 rings (SSSR count). The maximum absolute atomic E-state index is 11.2. The normalized spacial score (nSPS) is 12.2. The number of nitrogens with zero attached hydrogens (tertiary/aromatic N) is 1. The van der Waals surface area contributed by atoms with Crippen LogP contribution in [0.5, 0.6) is 0 Å². The number of rotatable bonds is 2. The summed E-state index contributed by atoms with van der Waals surface area (Å²) >= 11 is 4.03. The van der Waals surface area contributed by atoms with Gasteiger partial charge in [0.15, 0.2) is 0 Å². The van der Waals surface area contributed by atoms with Crippen LogP contribution in [0.3, 0.4) is 0 Å². The van der Waals surface area contributed by atoms with E-state index < -0.39 is 0 Å². The third-order valence-corrected chi connectivity index (χ3v) is 1.91. The van der Waals surface area contributed by atoms with Crippen LogP contribution in [0.25, 0.3) is 0 Å². The van der Waals surface area contributed by atoms with Gasteiger partial charge in [-0.25, -0.2) is 0 Å². The van der Waals surface area contributed by atoms with Crippen LogP contribution >= 0.6 is 12.6 Å². The van der Waals surface area contributed by atoms with Crippen LogP contribution in [0, 0.1) is 6.92 Å². The molecule has 0 spiro atoms. The summed E-state index contributed by atoms with van der Waals surface area (Å²) in [5.41, 5.74) is 1.74. The van der Waals surface area contributed by atoms with E-state index in [0.29, 0.717) is 0 Å².